The van der Waals surface area contributed by atoms with Gasteiger partial charge in [-0.05, 0) is 29.8 Å². The second-order valence-electron chi connectivity index (χ2n) is 7.75. The zero-order valence-corrected chi connectivity index (χ0v) is 19.6. The molecule has 0 radical (unpaired) electrons. The van der Waals surface area contributed by atoms with Gasteiger partial charge < -0.3 is 14.8 Å². The van der Waals surface area contributed by atoms with Crippen molar-refractivity contribution in [3.63, 3.8) is 0 Å². The van der Waals surface area contributed by atoms with Crippen LogP contribution < -0.4 is 10.1 Å². The summed E-state index contributed by atoms with van der Waals surface area (Å²) in [5, 5.41) is 2.78. The Kier molecular flexibility index (Phi) is 8.43. The second kappa shape index (κ2) is 11.3. The van der Waals surface area contributed by atoms with Crippen molar-refractivity contribution in [2.45, 2.75) is 12.6 Å². The van der Waals surface area contributed by atoms with Crippen molar-refractivity contribution in [2.24, 2.45) is 0 Å². The fraction of sp³-hybridized carbons (Fsp3) is 0.391. The number of esters is 1. The molecule has 0 aliphatic carbocycles. The number of carbonyl (C=O) groups excluding carboxylic acids is 2. The Labute approximate surface area is 194 Å². The minimum Gasteiger partial charge on any atom is -0.489 e. The van der Waals surface area contributed by atoms with Crippen LogP contribution in [0.4, 0.5) is 0 Å². The topological polar surface area (TPSA) is 105 Å². The third-order valence-electron chi connectivity index (χ3n) is 5.48. The minimum atomic E-state index is -3.28. The van der Waals surface area contributed by atoms with Crippen molar-refractivity contribution in [1.29, 1.82) is 0 Å². The molecular weight excluding hydrogens is 446 g/mol. The van der Waals surface area contributed by atoms with Gasteiger partial charge in [-0.25, -0.2) is 8.42 Å². The summed E-state index contributed by atoms with van der Waals surface area (Å²) in [6.45, 7) is 1.79. The molecule has 0 saturated carbocycles. The van der Waals surface area contributed by atoms with E-state index in [4.69, 9.17) is 9.47 Å². The summed E-state index contributed by atoms with van der Waals surface area (Å²) in [7, 11) is -1.99. The van der Waals surface area contributed by atoms with Gasteiger partial charge in [-0.3, -0.25) is 14.5 Å². The molecule has 178 valence electrons. The molecular formula is C23H29N3O6S. The Balaban J connectivity index is 1.54. The SMILES string of the molecule is COC(=O)[C@H](CNC(=O)c1ccc(OCc2ccccc2)cc1)N1CCN(S(C)(=O)=O)CC1. The van der Waals surface area contributed by atoms with Gasteiger partial charge in [-0.2, -0.15) is 4.31 Å². The van der Waals surface area contributed by atoms with Crippen molar-refractivity contribution in [3.05, 3.63) is 65.7 Å². The summed E-state index contributed by atoms with van der Waals surface area (Å²) < 4.78 is 35.4. The van der Waals surface area contributed by atoms with Crippen molar-refractivity contribution in [1.82, 2.24) is 14.5 Å². The molecule has 1 atom stereocenters. The van der Waals surface area contributed by atoms with E-state index in [9.17, 15) is 18.0 Å². The Morgan fingerprint density at radius 3 is 2.21 bits per heavy atom. The van der Waals surface area contributed by atoms with Gasteiger partial charge in [0, 0.05) is 38.3 Å². The molecule has 1 fully saturated rings. The maximum Gasteiger partial charge on any atom is 0.324 e. The fourth-order valence-electron chi connectivity index (χ4n) is 3.58. The highest BCUT2D eigenvalue weighted by Crippen LogP contribution is 2.15. The quantitative estimate of drug-likeness (QED) is 0.542. The summed E-state index contributed by atoms with van der Waals surface area (Å²) in [5.41, 5.74) is 1.48. The highest BCUT2D eigenvalue weighted by atomic mass is 32.2. The number of nitrogens with one attached hydrogen (secondary N) is 1. The van der Waals surface area contributed by atoms with E-state index in [-0.39, 0.29) is 25.5 Å². The van der Waals surface area contributed by atoms with Gasteiger partial charge in [0.2, 0.25) is 10.0 Å². The lowest BCUT2D eigenvalue weighted by Gasteiger charge is -2.37. The molecule has 1 heterocycles. The van der Waals surface area contributed by atoms with Crippen LogP contribution >= 0.6 is 0 Å². The number of ether oxygens (including phenoxy) is 2. The standard InChI is InChI=1S/C23H29N3O6S/c1-31-23(28)21(25-12-14-26(15-13-25)33(2,29)30)16-24-22(27)19-8-10-20(11-9-19)32-17-18-6-4-3-5-7-18/h3-11,21H,12-17H2,1-2H3,(H,24,27)/t21-/m0/s1. The van der Waals surface area contributed by atoms with Gasteiger partial charge in [-0.15, -0.1) is 0 Å². The normalized spacial score (nSPS) is 16.1. The van der Waals surface area contributed by atoms with Crippen molar-refractivity contribution < 1.29 is 27.5 Å². The first kappa shape index (κ1) is 24.7. The van der Waals surface area contributed by atoms with E-state index in [1.54, 1.807) is 24.3 Å². The molecule has 0 unspecified atom stereocenters. The summed E-state index contributed by atoms with van der Waals surface area (Å²) in [4.78, 5) is 26.7. The zero-order valence-electron chi connectivity index (χ0n) is 18.8. The van der Waals surface area contributed by atoms with E-state index < -0.39 is 22.0 Å². The van der Waals surface area contributed by atoms with Gasteiger partial charge in [0.25, 0.3) is 5.91 Å². The zero-order chi connectivity index (χ0) is 23.8. The number of sulfonamides is 1. The smallest absolute Gasteiger partial charge is 0.324 e. The fourth-order valence-corrected chi connectivity index (χ4v) is 4.41. The highest BCUT2D eigenvalue weighted by Gasteiger charge is 2.32. The van der Waals surface area contributed by atoms with Crippen LogP contribution in [-0.2, 0) is 26.2 Å². The lowest BCUT2D eigenvalue weighted by atomic mass is 10.1. The summed E-state index contributed by atoms with van der Waals surface area (Å²) in [6.07, 6.45) is 1.17. The van der Waals surface area contributed by atoms with E-state index in [1.807, 2.05) is 35.2 Å². The largest absolute Gasteiger partial charge is 0.489 e. The number of methoxy groups -OCH3 is 1. The molecule has 1 N–H and O–H groups in total. The van der Waals surface area contributed by atoms with Crippen LogP contribution in [0.15, 0.2) is 54.6 Å². The van der Waals surface area contributed by atoms with Crippen LogP contribution in [0.2, 0.25) is 0 Å². The first-order valence-corrected chi connectivity index (χ1v) is 12.4. The van der Waals surface area contributed by atoms with E-state index in [0.717, 1.165) is 5.56 Å². The third kappa shape index (κ3) is 7.01. The number of amides is 1. The number of piperazine rings is 1. The van der Waals surface area contributed by atoms with E-state index >= 15 is 0 Å². The highest BCUT2D eigenvalue weighted by molar-refractivity contribution is 7.88. The molecule has 33 heavy (non-hydrogen) atoms. The summed E-state index contributed by atoms with van der Waals surface area (Å²) in [6, 6.07) is 15.8. The number of hydrogen-bond donors (Lipinski definition) is 1. The molecule has 2 aromatic carbocycles. The second-order valence-corrected chi connectivity index (χ2v) is 9.73. The van der Waals surface area contributed by atoms with Crippen LogP contribution in [0, 0.1) is 0 Å². The van der Waals surface area contributed by atoms with Gasteiger partial charge in [0.05, 0.1) is 13.4 Å². The lowest BCUT2D eigenvalue weighted by molar-refractivity contribution is -0.147. The molecule has 0 bridgehead atoms. The van der Waals surface area contributed by atoms with E-state index in [1.165, 1.54) is 17.7 Å². The molecule has 1 aliphatic heterocycles. The molecule has 2 aromatic rings. The Morgan fingerprint density at radius 1 is 1.00 bits per heavy atom. The van der Waals surface area contributed by atoms with Crippen LogP contribution in [0.25, 0.3) is 0 Å². The van der Waals surface area contributed by atoms with E-state index in [0.29, 0.717) is 31.0 Å². The lowest BCUT2D eigenvalue weighted by Crippen LogP contribution is -2.57. The number of nitrogens with zero attached hydrogens (tertiary/aromatic N) is 2. The Bertz CT molecular complexity index is 1040. The van der Waals surface area contributed by atoms with Gasteiger partial charge in [0.1, 0.15) is 18.4 Å². The monoisotopic (exact) mass is 475 g/mol. The number of benzene rings is 2. The molecule has 0 aromatic heterocycles. The third-order valence-corrected chi connectivity index (χ3v) is 6.78. The Morgan fingerprint density at radius 2 is 1.64 bits per heavy atom. The minimum absolute atomic E-state index is 0.0522. The molecule has 1 aliphatic rings. The number of carbonyl (C=O) groups is 2. The maximum atomic E-state index is 12.6. The van der Waals surface area contributed by atoms with Crippen LogP contribution in [0.1, 0.15) is 15.9 Å². The predicted octanol–water partition coefficient (Wildman–Crippen LogP) is 1.11. The summed E-state index contributed by atoms with van der Waals surface area (Å²) >= 11 is 0. The average molecular weight is 476 g/mol. The van der Waals surface area contributed by atoms with Gasteiger partial charge in [0.15, 0.2) is 0 Å². The van der Waals surface area contributed by atoms with Crippen LogP contribution in [0.5, 0.6) is 5.75 Å². The molecule has 9 nitrogen and oxygen atoms in total. The van der Waals surface area contributed by atoms with Crippen molar-refractivity contribution in [2.75, 3.05) is 46.1 Å². The van der Waals surface area contributed by atoms with E-state index in [2.05, 4.69) is 5.32 Å². The van der Waals surface area contributed by atoms with Crippen molar-refractivity contribution >= 4 is 21.9 Å². The average Bonchev–Trinajstić information content (AvgIpc) is 2.83. The van der Waals surface area contributed by atoms with Crippen LogP contribution in [0.3, 0.4) is 0 Å². The number of hydrogen-bond acceptors (Lipinski definition) is 7. The first-order chi connectivity index (χ1) is 15.8. The molecule has 10 heteroatoms. The number of rotatable bonds is 9. The molecule has 1 saturated heterocycles. The molecule has 0 spiro atoms. The Hall–Kier alpha value is -2.95. The van der Waals surface area contributed by atoms with Crippen molar-refractivity contribution in [3.8, 4) is 5.75 Å². The first-order valence-electron chi connectivity index (χ1n) is 10.6. The van der Waals surface area contributed by atoms with Crippen LogP contribution in [-0.4, -0.2) is 81.6 Å². The molecule has 1 amide bonds. The van der Waals surface area contributed by atoms with Gasteiger partial charge >= 0.3 is 5.97 Å². The molecule has 3 rings (SSSR count). The predicted molar refractivity (Wildman–Crippen MR) is 123 cm³/mol. The van der Waals surface area contributed by atoms with Gasteiger partial charge in [-0.1, -0.05) is 30.3 Å². The maximum absolute atomic E-state index is 12.6. The summed E-state index contributed by atoms with van der Waals surface area (Å²) in [5.74, 6) is -0.160.